The maximum Gasteiger partial charge on any atom is 0.306 e. The lowest BCUT2D eigenvalue weighted by Crippen LogP contribution is -2.42. The van der Waals surface area contributed by atoms with Crippen LogP contribution >= 0.6 is 0 Å². The fraction of sp³-hybridized carbons (Fsp3) is 0.769. The summed E-state index contributed by atoms with van der Waals surface area (Å²) in [4.78, 5) is 34.3. The predicted molar refractivity (Wildman–Crippen MR) is 69.3 cm³/mol. The van der Waals surface area contributed by atoms with Crippen LogP contribution in [-0.4, -0.2) is 36.5 Å². The molecule has 1 aliphatic heterocycles. The topological polar surface area (TPSA) is 84.5 Å². The fourth-order valence-corrected chi connectivity index (χ4v) is 1.86. The monoisotopic (exact) mass is 270 g/mol. The van der Waals surface area contributed by atoms with Gasteiger partial charge in [-0.05, 0) is 33.1 Å². The molecule has 0 aliphatic carbocycles. The number of rotatable bonds is 6. The largest absolute Gasteiger partial charge is 0.452 e. The Labute approximate surface area is 113 Å². The smallest absolute Gasteiger partial charge is 0.306 e. The molecule has 0 aromatic rings. The summed E-state index contributed by atoms with van der Waals surface area (Å²) < 4.78 is 5.08. The van der Waals surface area contributed by atoms with Crippen LogP contribution in [0.3, 0.4) is 0 Å². The van der Waals surface area contributed by atoms with Gasteiger partial charge in [0.2, 0.25) is 5.91 Å². The molecule has 1 saturated heterocycles. The van der Waals surface area contributed by atoms with Crippen molar-refractivity contribution in [3.8, 4) is 0 Å². The summed E-state index contributed by atoms with van der Waals surface area (Å²) in [5, 5.41) is 5.40. The molecular weight excluding hydrogens is 248 g/mol. The summed E-state index contributed by atoms with van der Waals surface area (Å²) in [6.07, 6.45) is 1.63. The van der Waals surface area contributed by atoms with Crippen LogP contribution in [0.5, 0.6) is 0 Å². The summed E-state index contributed by atoms with van der Waals surface area (Å²) >= 11 is 0. The Morgan fingerprint density at radius 3 is 2.79 bits per heavy atom. The zero-order valence-corrected chi connectivity index (χ0v) is 11.5. The SMILES string of the molecule is CC(C)NC(=O)CCCC(=O)O[C@@H]1CCCNC1=O. The molecule has 1 aliphatic rings. The summed E-state index contributed by atoms with van der Waals surface area (Å²) in [5.74, 6) is -0.713. The second-order valence-electron chi connectivity index (χ2n) is 4.99. The van der Waals surface area contributed by atoms with Crippen LogP contribution in [0, 0.1) is 0 Å². The molecule has 0 aromatic heterocycles. The van der Waals surface area contributed by atoms with Crippen molar-refractivity contribution < 1.29 is 19.1 Å². The maximum atomic E-state index is 11.5. The molecule has 0 bridgehead atoms. The second kappa shape index (κ2) is 7.76. The minimum absolute atomic E-state index is 0.0711. The van der Waals surface area contributed by atoms with Gasteiger partial charge in [-0.3, -0.25) is 14.4 Å². The van der Waals surface area contributed by atoms with Gasteiger partial charge in [0.15, 0.2) is 6.10 Å². The molecule has 2 N–H and O–H groups in total. The van der Waals surface area contributed by atoms with E-state index in [1.54, 1.807) is 0 Å². The van der Waals surface area contributed by atoms with Crippen molar-refractivity contribution in [2.24, 2.45) is 0 Å². The minimum atomic E-state index is -0.661. The summed E-state index contributed by atoms with van der Waals surface area (Å²) in [6, 6.07) is 0.102. The first kappa shape index (κ1) is 15.5. The van der Waals surface area contributed by atoms with E-state index in [9.17, 15) is 14.4 Å². The number of hydrogen-bond donors (Lipinski definition) is 2. The van der Waals surface area contributed by atoms with Gasteiger partial charge < -0.3 is 15.4 Å². The van der Waals surface area contributed by atoms with Crippen LogP contribution in [0.25, 0.3) is 0 Å². The first-order chi connectivity index (χ1) is 8.99. The number of amides is 2. The highest BCUT2D eigenvalue weighted by molar-refractivity contribution is 5.84. The lowest BCUT2D eigenvalue weighted by Gasteiger charge is -2.21. The molecule has 108 valence electrons. The predicted octanol–water partition coefficient (Wildman–Crippen LogP) is 0.503. The third-order valence-electron chi connectivity index (χ3n) is 2.74. The number of carbonyl (C=O) groups is 3. The molecule has 1 rings (SSSR count). The number of piperidine rings is 1. The van der Waals surface area contributed by atoms with Crippen molar-refractivity contribution in [1.82, 2.24) is 10.6 Å². The van der Waals surface area contributed by atoms with E-state index in [2.05, 4.69) is 10.6 Å². The molecule has 0 radical (unpaired) electrons. The minimum Gasteiger partial charge on any atom is -0.452 e. The van der Waals surface area contributed by atoms with Crippen molar-refractivity contribution in [3.63, 3.8) is 0 Å². The van der Waals surface area contributed by atoms with Gasteiger partial charge in [-0.15, -0.1) is 0 Å². The molecule has 1 heterocycles. The molecule has 0 unspecified atom stereocenters. The summed E-state index contributed by atoms with van der Waals surface area (Å²) in [7, 11) is 0. The van der Waals surface area contributed by atoms with Crippen LogP contribution in [0.1, 0.15) is 46.0 Å². The number of carbonyl (C=O) groups excluding carboxylic acids is 3. The van der Waals surface area contributed by atoms with E-state index in [1.165, 1.54) is 0 Å². The van der Waals surface area contributed by atoms with Gasteiger partial charge in [0.05, 0.1) is 0 Å². The Morgan fingerprint density at radius 1 is 1.42 bits per heavy atom. The van der Waals surface area contributed by atoms with Crippen LogP contribution in [0.4, 0.5) is 0 Å². The third kappa shape index (κ3) is 6.22. The molecule has 0 saturated carbocycles. The van der Waals surface area contributed by atoms with E-state index < -0.39 is 12.1 Å². The van der Waals surface area contributed by atoms with Gasteiger partial charge in [-0.1, -0.05) is 0 Å². The Balaban J connectivity index is 2.17. The lowest BCUT2D eigenvalue weighted by atomic mass is 10.1. The Bertz CT molecular complexity index is 342. The van der Waals surface area contributed by atoms with Crippen molar-refractivity contribution >= 4 is 17.8 Å². The standard InChI is InChI=1S/C13H22N2O4/c1-9(2)15-11(16)6-3-7-12(17)19-10-5-4-8-14-13(10)18/h9-10H,3-8H2,1-2H3,(H,14,18)(H,15,16)/t10-/m1/s1. The average Bonchev–Trinajstić information content (AvgIpc) is 2.31. The number of esters is 1. The van der Waals surface area contributed by atoms with Gasteiger partial charge in [-0.2, -0.15) is 0 Å². The van der Waals surface area contributed by atoms with E-state index in [4.69, 9.17) is 4.74 Å². The zero-order chi connectivity index (χ0) is 14.3. The highest BCUT2D eigenvalue weighted by Crippen LogP contribution is 2.09. The van der Waals surface area contributed by atoms with Gasteiger partial charge in [-0.25, -0.2) is 0 Å². The van der Waals surface area contributed by atoms with Gasteiger partial charge in [0, 0.05) is 25.4 Å². The molecule has 2 amide bonds. The highest BCUT2D eigenvalue weighted by Gasteiger charge is 2.25. The van der Waals surface area contributed by atoms with Crippen LogP contribution in [-0.2, 0) is 19.1 Å². The van der Waals surface area contributed by atoms with Crippen molar-refractivity contribution in [2.45, 2.75) is 58.1 Å². The summed E-state index contributed by atoms with van der Waals surface area (Å²) in [6.45, 7) is 4.41. The number of hydrogen-bond acceptors (Lipinski definition) is 4. The molecular formula is C13H22N2O4. The van der Waals surface area contributed by atoms with Crippen LogP contribution in [0.15, 0.2) is 0 Å². The average molecular weight is 270 g/mol. The molecule has 1 atom stereocenters. The van der Waals surface area contributed by atoms with Gasteiger partial charge in [0.1, 0.15) is 0 Å². The van der Waals surface area contributed by atoms with Crippen molar-refractivity contribution in [1.29, 1.82) is 0 Å². The fourth-order valence-electron chi connectivity index (χ4n) is 1.86. The first-order valence-corrected chi connectivity index (χ1v) is 6.75. The molecule has 6 nitrogen and oxygen atoms in total. The normalized spacial score (nSPS) is 18.9. The van der Waals surface area contributed by atoms with Gasteiger partial charge in [0.25, 0.3) is 5.91 Å². The van der Waals surface area contributed by atoms with Crippen molar-refractivity contribution in [3.05, 3.63) is 0 Å². The summed E-state index contributed by atoms with van der Waals surface area (Å²) in [5.41, 5.74) is 0. The molecule has 19 heavy (non-hydrogen) atoms. The lowest BCUT2D eigenvalue weighted by molar-refractivity contribution is -0.157. The van der Waals surface area contributed by atoms with E-state index in [1.807, 2.05) is 13.8 Å². The highest BCUT2D eigenvalue weighted by atomic mass is 16.5. The Hall–Kier alpha value is -1.59. The Kier molecular flexibility index (Phi) is 6.32. The number of ether oxygens (including phenoxy) is 1. The van der Waals surface area contributed by atoms with Gasteiger partial charge >= 0.3 is 5.97 Å². The quantitative estimate of drug-likeness (QED) is 0.688. The van der Waals surface area contributed by atoms with E-state index >= 15 is 0 Å². The first-order valence-electron chi connectivity index (χ1n) is 6.75. The van der Waals surface area contributed by atoms with Crippen LogP contribution < -0.4 is 10.6 Å². The molecule has 1 fully saturated rings. The zero-order valence-electron chi connectivity index (χ0n) is 11.5. The van der Waals surface area contributed by atoms with E-state index in [0.29, 0.717) is 25.8 Å². The number of nitrogens with one attached hydrogen (secondary N) is 2. The molecule has 6 heteroatoms. The third-order valence-corrected chi connectivity index (χ3v) is 2.74. The Morgan fingerprint density at radius 2 is 2.16 bits per heavy atom. The maximum absolute atomic E-state index is 11.5. The van der Waals surface area contributed by atoms with E-state index in [0.717, 1.165) is 6.42 Å². The van der Waals surface area contributed by atoms with Crippen molar-refractivity contribution in [2.75, 3.05) is 6.54 Å². The second-order valence-corrected chi connectivity index (χ2v) is 4.99. The van der Waals surface area contributed by atoms with E-state index in [-0.39, 0.29) is 24.3 Å². The van der Waals surface area contributed by atoms with Crippen LogP contribution in [0.2, 0.25) is 0 Å². The molecule has 0 aromatic carbocycles. The molecule has 0 spiro atoms.